The zero-order valence-corrected chi connectivity index (χ0v) is 21.5. The Balaban J connectivity index is 2.12. The number of unbranched alkanes of at least 4 members (excludes halogenated alkanes) is 1. The molecule has 0 heterocycles. The van der Waals surface area contributed by atoms with E-state index in [2.05, 4.69) is 28.2 Å². The number of ether oxygens (including phenoxy) is 1. The van der Waals surface area contributed by atoms with Crippen LogP contribution in [0.5, 0.6) is 5.75 Å². The molecule has 0 aliphatic rings. The molecule has 0 spiro atoms. The van der Waals surface area contributed by atoms with Crippen LogP contribution in [0.2, 0.25) is 0 Å². The van der Waals surface area contributed by atoms with E-state index in [0.29, 0.717) is 25.3 Å². The summed E-state index contributed by atoms with van der Waals surface area (Å²) in [6, 6.07) is 15.2. The van der Waals surface area contributed by atoms with Crippen LogP contribution in [0, 0.1) is 0 Å². The molecule has 0 aromatic heterocycles. The fraction of sp³-hybridized carbons (Fsp3) is 0.440. The number of thioether (sulfide) groups is 1. The van der Waals surface area contributed by atoms with E-state index in [1.54, 1.807) is 23.8 Å². The van der Waals surface area contributed by atoms with Gasteiger partial charge < -0.3 is 15.0 Å². The summed E-state index contributed by atoms with van der Waals surface area (Å²) in [5.74, 6) is 1.67. The second-order valence-corrected chi connectivity index (χ2v) is 9.46. The summed E-state index contributed by atoms with van der Waals surface area (Å²) in [5, 5.41) is 3.00. The van der Waals surface area contributed by atoms with E-state index in [0.717, 1.165) is 39.9 Å². The highest BCUT2D eigenvalue weighted by molar-refractivity contribution is 9.10. The van der Waals surface area contributed by atoms with Crippen molar-refractivity contribution in [2.45, 2.75) is 51.4 Å². The summed E-state index contributed by atoms with van der Waals surface area (Å²) < 4.78 is 6.36. The smallest absolute Gasteiger partial charge is 0.242 e. The minimum atomic E-state index is -0.501. The van der Waals surface area contributed by atoms with Gasteiger partial charge in [-0.3, -0.25) is 9.59 Å². The van der Waals surface area contributed by atoms with E-state index in [4.69, 9.17) is 4.74 Å². The first kappa shape index (κ1) is 26.3. The highest BCUT2D eigenvalue weighted by Gasteiger charge is 2.28. The molecule has 0 saturated heterocycles. The molecular weight excluding hydrogens is 488 g/mol. The molecule has 0 aliphatic carbocycles. The summed E-state index contributed by atoms with van der Waals surface area (Å²) in [4.78, 5) is 27.9. The predicted molar refractivity (Wildman–Crippen MR) is 136 cm³/mol. The second kappa shape index (κ2) is 14.2. The maximum atomic E-state index is 13.3. The van der Waals surface area contributed by atoms with Crippen molar-refractivity contribution in [2.24, 2.45) is 0 Å². The number of nitrogens with one attached hydrogen (secondary N) is 1. The fourth-order valence-corrected chi connectivity index (χ4v) is 4.45. The Morgan fingerprint density at radius 3 is 2.53 bits per heavy atom. The minimum Gasteiger partial charge on any atom is -0.497 e. The number of nitrogens with zero attached hydrogens (tertiary/aromatic N) is 1. The van der Waals surface area contributed by atoms with E-state index >= 15 is 0 Å². The van der Waals surface area contributed by atoms with Gasteiger partial charge in [0.05, 0.1) is 12.9 Å². The molecule has 0 fully saturated rings. The number of halogens is 1. The quantitative estimate of drug-likeness (QED) is 0.358. The van der Waals surface area contributed by atoms with Crippen LogP contribution < -0.4 is 10.1 Å². The lowest BCUT2D eigenvalue weighted by Crippen LogP contribution is -2.49. The molecule has 0 aliphatic heterocycles. The standard InChI is InChI=1S/C25H33BrN2O3S/c1-4-6-14-27-25(30)23(5-2)28(16-20-8-7-9-22(15-20)31-3)24(29)18-32-17-19-10-12-21(26)13-11-19/h7-13,15,23H,4-6,14,16-18H2,1-3H3,(H,27,30)/t23-/m0/s1. The zero-order chi connectivity index (χ0) is 23.3. The van der Waals surface area contributed by atoms with E-state index in [1.165, 1.54) is 0 Å². The van der Waals surface area contributed by atoms with Crippen molar-refractivity contribution in [3.63, 3.8) is 0 Å². The zero-order valence-electron chi connectivity index (χ0n) is 19.1. The Hall–Kier alpha value is -1.99. The molecule has 2 amide bonds. The first-order valence-electron chi connectivity index (χ1n) is 11.0. The van der Waals surface area contributed by atoms with Gasteiger partial charge in [0.2, 0.25) is 11.8 Å². The van der Waals surface area contributed by atoms with Gasteiger partial charge >= 0.3 is 0 Å². The lowest BCUT2D eigenvalue weighted by molar-refractivity contribution is -0.139. The SMILES string of the molecule is CCCCNC(=O)[C@H](CC)N(Cc1cccc(OC)c1)C(=O)CSCc1ccc(Br)cc1. The molecule has 0 unspecified atom stereocenters. The van der Waals surface area contributed by atoms with Gasteiger partial charge in [0.1, 0.15) is 11.8 Å². The molecular formula is C25H33BrN2O3S. The van der Waals surface area contributed by atoms with Gasteiger partial charge in [0.15, 0.2) is 0 Å². The Morgan fingerprint density at radius 2 is 1.88 bits per heavy atom. The number of amides is 2. The van der Waals surface area contributed by atoms with Crippen LogP contribution in [0.3, 0.4) is 0 Å². The lowest BCUT2D eigenvalue weighted by Gasteiger charge is -2.30. The molecule has 2 aromatic rings. The highest BCUT2D eigenvalue weighted by Crippen LogP contribution is 2.20. The van der Waals surface area contributed by atoms with Crippen molar-refractivity contribution in [3.8, 4) is 5.75 Å². The van der Waals surface area contributed by atoms with Crippen molar-refractivity contribution >= 4 is 39.5 Å². The first-order chi connectivity index (χ1) is 15.5. The first-order valence-corrected chi connectivity index (χ1v) is 13.0. The maximum absolute atomic E-state index is 13.3. The van der Waals surface area contributed by atoms with Crippen LogP contribution in [0.25, 0.3) is 0 Å². The van der Waals surface area contributed by atoms with Gasteiger partial charge in [-0.1, -0.05) is 60.5 Å². The average molecular weight is 522 g/mol. The summed E-state index contributed by atoms with van der Waals surface area (Å²) in [6.07, 6.45) is 2.50. The van der Waals surface area contributed by atoms with E-state index < -0.39 is 6.04 Å². The third-order valence-corrected chi connectivity index (χ3v) is 6.63. The molecule has 0 bridgehead atoms. The van der Waals surface area contributed by atoms with Crippen molar-refractivity contribution in [1.29, 1.82) is 0 Å². The van der Waals surface area contributed by atoms with Crippen LogP contribution in [0.15, 0.2) is 53.0 Å². The summed E-state index contributed by atoms with van der Waals surface area (Å²) in [7, 11) is 1.62. The second-order valence-electron chi connectivity index (χ2n) is 7.56. The van der Waals surface area contributed by atoms with E-state index in [-0.39, 0.29) is 11.8 Å². The maximum Gasteiger partial charge on any atom is 0.242 e. The molecule has 0 radical (unpaired) electrons. The number of rotatable bonds is 13. The van der Waals surface area contributed by atoms with Crippen molar-refractivity contribution in [3.05, 3.63) is 64.1 Å². The number of hydrogen-bond acceptors (Lipinski definition) is 4. The average Bonchev–Trinajstić information content (AvgIpc) is 2.80. The lowest BCUT2D eigenvalue weighted by atomic mass is 10.1. The minimum absolute atomic E-state index is 0.0348. The Labute approximate surface area is 204 Å². The number of hydrogen-bond donors (Lipinski definition) is 1. The normalized spacial score (nSPS) is 11.6. The van der Waals surface area contributed by atoms with Crippen molar-refractivity contribution < 1.29 is 14.3 Å². The van der Waals surface area contributed by atoms with Gasteiger partial charge in [0, 0.05) is 23.3 Å². The van der Waals surface area contributed by atoms with Crippen LogP contribution in [0.4, 0.5) is 0 Å². The van der Waals surface area contributed by atoms with Crippen LogP contribution in [0.1, 0.15) is 44.2 Å². The summed E-state index contributed by atoms with van der Waals surface area (Å²) in [6.45, 7) is 5.04. The van der Waals surface area contributed by atoms with E-state index in [1.807, 2.05) is 55.5 Å². The Kier molecular flexibility index (Phi) is 11.7. The third kappa shape index (κ3) is 8.51. The summed E-state index contributed by atoms with van der Waals surface area (Å²) >= 11 is 5.01. The molecule has 32 heavy (non-hydrogen) atoms. The highest BCUT2D eigenvalue weighted by atomic mass is 79.9. The number of benzene rings is 2. The molecule has 2 aromatic carbocycles. The Morgan fingerprint density at radius 1 is 1.12 bits per heavy atom. The van der Waals surface area contributed by atoms with Crippen LogP contribution >= 0.6 is 27.7 Å². The fourth-order valence-electron chi connectivity index (χ4n) is 3.31. The van der Waals surface area contributed by atoms with Gasteiger partial charge in [-0.25, -0.2) is 0 Å². The topological polar surface area (TPSA) is 58.6 Å². The predicted octanol–water partition coefficient (Wildman–Crippen LogP) is 5.41. The van der Waals surface area contributed by atoms with Crippen LogP contribution in [-0.2, 0) is 21.9 Å². The molecule has 7 heteroatoms. The largest absolute Gasteiger partial charge is 0.497 e. The van der Waals surface area contributed by atoms with Gasteiger partial charge in [-0.2, -0.15) is 0 Å². The molecule has 5 nitrogen and oxygen atoms in total. The summed E-state index contributed by atoms with van der Waals surface area (Å²) in [5.41, 5.74) is 2.10. The molecule has 2 rings (SSSR count). The van der Waals surface area contributed by atoms with E-state index in [9.17, 15) is 9.59 Å². The Bertz CT molecular complexity index is 861. The number of carbonyl (C=O) groups excluding carboxylic acids is 2. The number of carbonyl (C=O) groups is 2. The van der Waals surface area contributed by atoms with Crippen molar-refractivity contribution in [1.82, 2.24) is 10.2 Å². The molecule has 174 valence electrons. The monoisotopic (exact) mass is 520 g/mol. The number of methoxy groups -OCH3 is 1. The molecule has 1 atom stereocenters. The van der Waals surface area contributed by atoms with Crippen molar-refractivity contribution in [2.75, 3.05) is 19.4 Å². The third-order valence-electron chi connectivity index (χ3n) is 5.11. The van der Waals surface area contributed by atoms with Gasteiger partial charge in [0.25, 0.3) is 0 Å². The molecule has 1 N–H and O–H groups in total. The van der Waals surface area contributed by atoms with Gasteiger partial charge in [-0.15, -0.1) is 11.8 Å². The van der Waals surface area contributed by atoms with Crippen LogP contribution in [-0.4, -0.2) is 42.2 Å². The molecule has 0 saturated carbocycles. The van der Waals surface area contributed by atoms with Gasteiger partial charge in [-0.05, 0) is 48.2 Å².